The number of likely N-dealkylation sites (tertiary alicyclic amines) is 1. The Balaban J connectivity index is 1.56. The van der Waals surface area contributed by atoms with E-state index in [4.69, 9.17) is 21.0 Å². The number of amides is 1. The van der Waals surface area contributed by atoms with Gasteiger partial charge < -0.3 is 14.5 Å². The molecule has 0 bridgehead atoms. The van der Waals surface area contributed by atoms with Crippen LogP contribution in [0.15, 0.2) is 22.8 Å². The molecule has 2 aromatic rings. The summed E-state index contributed by atoms with van der Waals surface area (Å²) >= 11 is 6.44. The number of ether oxygens (including phenoxy) is 1. The van der Waals surface area contributed by atoms with Crippen LogP contribution in [0.1, 0.15) is 55.4 Å². The molecule has 0 spiro atoms. The van der Waals surface area contributed by atoms with Crippen LogP contribution in [0.25, 0.3) is 0 Å². The summed E-state index contributed by atoms with van der Waals surface area (Å²) in [6, 6.07) is 5.20. The molecular formula is C22H31ClN4O3. The van der Waals surface area contributed by atoms with Crippen molar-refractivity contribution in [3.63, 3.8) is 0 Å². The molecule has 8 heteroatoms. The number of carbonyl (C=O) groups is 1. The summed E-state index contributed by atoms with van der Waals surface area (Å²) in [5, 5.41) is 8.01. The highest BCUT2D eigenvalue weighted by molar-refractivity contribution is 6.32. The number of piperidine rings is 1. The number of hydrogen-bond acceptors (Lipinski definition) is 6. The van der Waals surface area contributed by atoms with Gasteiger partial charge in [-0.1, -0.05) is 42.7 Å². The van der Waals surface area contributed by atoms with Gasteiger partial charge in [-0.05, 0) is 43.4 Å². The van der Waals surface area contributed by atoms with E-state index >= 15 is 0 Å². The second-order valence-electron chi connectivity index (χ2n) is 9.26. The van der Waals surface area contributed by atoms with Gasteiger partial charge in [-0.2, -0.15) is 0 Å². The Labute approximate surface area is 183 Å². The quantitative estimate of drug-likeness (QED) is 0.678. The Morgan fingerprint density at radius 1 is 1.30 bits per heavy atom. The van der Waals surface area contributed by atoms with Crippen LogP contribution >= 0.6 is 11.6 Å². The fourth-order valence-electron chi connectivity index (χ4n) is 3.67. The third kappa shape index (κ3) is 5.95. The Kier molecular flexibility index (Phi) is 7.03. The second kappa shape index (κ2) is 9.35. The Bertz CT molecular complexity index is 870. The van der Waals surface area contributed by atoms with Gasteiger partial charge in [-0.25, -0.2) is 4.63 Å². The van der Waals surface area contributed by atoms with Crippen LogP contribution in [0.5, 0.6) is 5.75 Å². The van der Waals surface area contributed by atoms with E-state index in [9.17, 15) is 4.79 Å². The average molecular weight is 435 g/mol. The zero-order chi connectivity index (χ0) is 21.9. The van der Waals surface area contributed by atoms with Crippen LogP contribution in [0.3, 0.4) is 0 Å². The lowest BCUT2D eigenvalue weighted by atomic mass is 9.94. The molecule has 3 rings (SSSR count). The maximum Gasteiger partial charge on any atom is 0.254 e. The molecular weight excluding hydrogens is 404 g/mol. The highest BCUT2D eigenvalue weighted by Gasteiger charge is 2.25. The number of nitrogens with zero attached hydrogens (tertiary/aromatic N) is 4. The highest BCUT2D eigenvalue weighted by Crippen LogP contribution is 2.29. The Morgan fingerprint density at radius 2 is 2.00 bits per heavy atom. The van der Waals surface area contributed by atoms with E-state index in [2.05, 4.69) is 36.0 Å². The van der Waals surface area contributed by atoms with Crippen molar-refractivity contribution in [3.05, 3.63) is 40.2 Å². The zero-order valence-electron chi connectivity index (χ0n) is 18.4. The van der Waals surface area contributed by atoms with E-state index in [1.165, 1.54) is 0 Å². The number of hydrogen-bond donors (Lipinski definition) is 0. The Morgan fingerprint density at radius 3 is 2.57 bits per heavy atom. The summed E-state index contributed by atoms with van der Waals surface area (Å²) in [4.78, 5) is 16.8. The van der Waals surface area contributed by atoms with Crippen LogP contribution in [-0.4, -0.2) is 58.8 Å². The van der Waals surface area contributed by atoms with E-state index in [1.807, 2.05) is 0 Å². The maximum absolute atomic E-state index is 12.7. The van der Waals surface area contributed by atoms with Crippen molar-refractivity contribution in [2.24, 2.45) is 5.41 Å². The molecule has 2 heterocycles. The lowest BCUT2D eigenvalue weighted by molar-refractivity contribution is 0.0779. The van der Waals surface area contributed by atoms with Gasteiger partial charge in [-0.3, -0.25) is 4.79 Å². The van der Waals surface area contributed by atoms with Crippen LogP contribution in [0.2, 0.25) is 5.02 Å². The van der Waals surface area contributed by atoms with E-state index in [-0.39, 0.29) is 12.0 Å². The molecule has 1 fully saturated rings. The molecule has 1 aliphatic rings. The van der Waals surface area contributed by atoms with Gasteiger partial charge in [-0.15, -0.1) is 0 Å². The predicted molar refractivity (Wildman–Crippen MR) is 116 cm³/mol. The lowest BCUT2D eigenvalue weighted by Gasteiger charge is -2.36. The molecule has 0 saturated carbocycles. The van der Waals surface area contributed by atoms with Crippen molar-refractivity contribution in [1.29, 1.82) is 0 Å². The summed E-state index contributed by atoms with van der Waals surface area (Å²) in [6.07, 6.45) is 2.09. The molecule has 1 saturated heterocycles. The number of benzene rings is 1. The van der Waals surface area contributed by atoms with Gasteiger partial charge in [0.25, 0.3) is 5.91 Å². The molecule has 0 atom stereocenters. The first-order valence-corrected chi connectivity index (χ1v) is 10.7. The van der Waals surface area contributed by atoms with Gasteiger partial charge in [0.15, 0.2) is 0 Å². The molecule has 0 radical (unpaired) electrons. The van der Waals surface area contributed by atoms with Crippen molar-refractivity contribution >= 4 is 17.5 Å². The molecule has 1 aromatic heterocycles. The van der Waals surface area contributed by atoms with Gasteiger partial charge in [0.05, 0.1) is 11.6 Å². The normalized spacial score (nSPS) is 15.9. The van der Waals surface area contributed by atoms with Crippen LogP contribution in [0, 0.1) is 12.3 Å². The van der Waals surface area contributed by atoms with Crippen molar-refractivity contribution in [2.75, 3.05) is 26.7 Å². The van der Waals surface area contributed by atoms with Crippen LogP contribution < -0.4 is 4.74 Å². The van der Waals surface area contributed by atoms with E-state index in [0.717, 1.165) is 32.5 Å². The van der Waals surface area contributed by atoms with E-state index in [0.29, 0.717) is 39.7 Å². The molecule has 1 aromatic carbocycles. The molecule has 0 aliphatic carbocycles. The number of aryl methyl sites for hydroxylation is 1. The standard InChI is InChI=1S/C22H31ClN4O3/c1-15-19(25-30-24-15)13-26(5)21(28)16-6-7-20(18(23)12-16)29-17-8-10-27(11-9-17)14-22(2,3)4/h6-7,12,17H,8-11,13-14H2,1-5H3. The van der Waals surface area contributed by atoms with Crippen molar-refractivity contribution < 1.29 is 14.2 Å². The molecule has 1 amide bonds. The SMILES string of the molecule is Cc1nonc1CN(C)C(=O)c1ccc(OC2CCN(CC(C)(C)C)CC2)c(Cl)c1. The Hall–Kier alpha value is -2.12. The lowest BCUT2D eigenvalue weighted by Crippen LogP contribution is -2.42. The predicted octanol–water partition coefficient (Wildman–Crippen LogP) is 4.19. The van der Waals surface area contributed by atoms with Gasteiger partial charge in [0.2, 0.25) is 0 Å². The monoisotopic (exact) mass is 434 g/mol. The zero-order valence-corrected chi connectivity index (χ0v) is 19.2. The average Bonchev–Trinajstić information content (AvgIpc) is 3.07. The minimum Gasteiger partial charge on any atom is -0.489 e. The van der Waals surface area contributed by atoms with Gasteiger partial charge in [0.1, 0.15) is 23.2 Å². The summed E-state index contributed by atoms with van der Waals surface area (Å²) in [5.74, 6) is 0.475. The minimum absolute atomic E-state index is 0.144. The van der Waals surface area contributed by atoms with Crippen molar-refractivity contribution in [2.45, 2.75) is 53.2 Å². The smallest absolute Gasteiger partial charge is 0.254 e. The fraction of sp³-hybridized carbons (Fsp3) is 0.591. The topological polar surface area (TPSA) is 71.7 Å². The van der Waals surface area contributed by atoms with Crippen molar-refractivity contribution in [3.8, 4) is 5.75 Å². The van der Waals surface area contributed by atoms with Crippen LogP contribution in [-0.2, 0) is 6.54 Å². The minimum atomic E-state index is -0.152. The molecule has 1 aliphatic heterocycles. The van der Waals surface area contributed by atoms with E-state index < -0.39 is 0 Å². The number of halogens is 1. The third-order valence-corrected chi connectivity index (χ3v) is 5.48. The first-order chi connectivity index (χ1) is 14.1. The van der Waals surface area contributed by atoms with E-state index in [1.54, 1.807) is 37.1 Å². The first kappa shape index (κ1) is 22.6. The van der Waals surface area contributed by atoms with Gasteiger partial charge in [0, 0.05) is 32.2 Å². The molecule has 30 heavy (non-hydrogen) atoms. The summed E-state index contributed by atoms with van der Waals surface area (Å²) in [6.45, 7) is 12.0. The highest BCUT2D eigenvalue weighted by atomic mass is 35.5. The molecule has 0 unspecified atom stereocenters. The van der Waals surface area contributed by atoms with Crippen LogP contribution in [0.4, 0.5) is 0 Å². The maximum atomic E-state index is 12.7. The molecule has 7 nitrogen and oxygen atoms in total. The molecule has 0 N–H and O–H groups in total. The summed E-state index contributed by atoms with van der Waals surface area (Å²) in [7, 11) is 1.71. The first-order valence-electron chi connectivity index (χ1n) is 10.3. The summed E-state index contributed by atoms with van der Waals surface area (Å²) < 4.78 is 10.8. The second-order valence-corrected chi connectivity index (χ2v) is 9.66. The van der Waals surface area contributed by atoms with Gasteiger partial charge >= 0.3 is 0 Å². The summed E-state index contributed by atoms with van der Waals surface area (Å²) in [5.41, 5.74) is 2.11. The number of aromatic nitrogens is 2. The number of carbonyl (C=O) groups excluding carboxylic acids is 1. The largest absolute Gasteiger partial charge is 0.489 e. The fourth-order valence-corrected chi connectivity index (χ4v) is 3.90. The third-order valence-electron chi connectivity index (χ3n) is 5.19. The van der Waals surface area contributed by atoms with Crippen molar-refractivity contribution in [1.82, 2.24) is 20.1 Å². The number of rotatable bonds is 6. The molecule has 164 valence electrons.